The Morgan fingerprint density at radius 3 is 2.93 bits per heavy atom. The van der Waals surface area contributed by atoms with Gasteiger partial charge in [-0.25, -0.2) is 0 Å². The lowest BCUT2D eigenvalue weighted by atomic mass is 10.2. The van der Waals surface area contributed by atoms with Crippen LogP contribution in [0, 0.1) is 5.92 Å². The molecule has 2 aromatic rings. The Hall–Kier alpha value is -2.77. The standard InChI is InChI=1S/C20H30N6O2/c1-5-19-24-23-13-26(19)9-8-21-20(22-11-15(2)3)25(4)12-16-6-7-17-18(10-16)28-14-27-17/h6-7,10,13,15H,5,8-9,11-12,14H2,1-4H3,(H,21,22). The van der Waals surface area contributed by atoms with Crippen LogP contribution in [0.2, 0.25) is 0 Å². The van der Waals surface area contributed by atoms with E-state index in [-0.39, 0.29) is 0 Å². The number of hydrogen-bond acceptors (Lipinski definition) is 5. The fourth-order valence-electron chi connectivity index (χ4n) is 3.00. The summed E-state index contributed by atoms with van der Waals surface area (Å²) in [7, 11) is 2.05. The van der Waals surface area contributed by atoms with E-state index in [0.717, 1.165) is 61.4 Å². The van der Waals surface area contributed by atoms with E-state index in [9.17, 15) is 0 Å². The molecule has 1 aromatic heterocycles. The van der Waals surface area contributed by atoms with Crippen molar-refractivity contribution in [2.75, 3.05) is 26.9 Å². The Morgan fingerprint density at radius 1 is 1.32 bits per heavy atom. The Labute approximate surface area is 166 Å². The molecule has 28 heavy (non-hydrogen) atoms. The van der Waals surface area contributed by atoms with Crippen LogP contribution in [0.5, 0.6) is 11.5 Å². The molecule has 0 spiro atoms. The maximum Gasteiger partial charge on any atom is 0.231 e. The molecule has 1 N–H and O–H groups in total. The van der Waals surface area contributed by atoms with E-state index in [0.29, 0.717) is 12.7 Å². The molecule has 0 amide bonds. The molecule has 0 fully saturated rings. The number of nitrogens with zero attached hydrogens (tertiary/aromatic N) is 5. The first-order chi connectivity index (χ1) is 13.6. The van der Waals surface area contributed by atoms with Crippen molar-refractivity contribution in [1.82, 2.24) is 25.0 Å². The van der Waals surface area contributed by atoms with Gasteiger partial charge in [-0.1, -0.05) is 26.8 Å². The minimum atomic E-state index is 0.292. The summed E-state index contributed by atoms with van der Waals surface area (Å²) >= 11 is 0. The minimum absolute atomic E-state index is 0.292. The van der Waals surface area contributed by atoms with Gasteiger partial charge in [0.1, 0.15) is 12.2 Å². The second-order valence-electron chi connectivity index (χ2n) is 7.32. The summed E-state index contributed by atoms with van der Waals surface area (Å²) in [5, 5.41) is 11.6. The van der Waals surface area contributed by atoms with Gasteiger partial charge < -0.3 is 24.3 Å². The molecule has 0 saturated heterocycles. The normalized spacial score (nSPS) is 13.2. The summed E-state index contributed by atoms with van der Waals surface area (Å²) in [5.74, 6) is 3.99. The molecule has 3 rings (SSSR count). The predicted molar refractivity (Wildman–Crippen MR) is 109 cm³/mol. The van der Waals surface area contributed by atoms with Crippen LogP contribution in [0.15, 0.2) is 29.5 Å². The number of hydrogen-bond donors (Lipinski definition) is 1. The summed E-state index contributed by atoms with van der Waals surface area (Å²) in [5.41, 5.74) is 1.15. The van der Waals surface area contributed by atoms with E-state index < -0.39 is 0 Å². The molecule has 1 aliphatic heterocycles. The third-order valence-electron chi connectivity index (χ3n) is 4.47. The van der Waals surface area contributed by atoms with Crippen molar-refractivity contribution < 1.29 is 9.47 Å². The summed E-state index contributed by atoms with van der Waals surface area (Å²) < 4.78 is 13.0. The number of fused-ring (bicyclic) bond motifs is 1. The summed E-state index contributed by atoms with van der Waals surface area (Å²) in [6, 6.07) is 6.06. The topological polar surface area (TPSA) is 76.8 Å². The molecule has 152 valence electrons. The highest BCUT2D eigenvalue weighted by molar-refractivity contribution is 5.79. The van der Waals surface area contributed by atoms with Crippen LogP contribution >= 0.6 is 0 Å². The first kappa shape index (κ1) is 20.0. The summed E-state index contributed by atoms with van der Waals surface area (Å²) in [4.78, 5) is 6.92. The molecule has 0 radical (unpaired) electrons. The van der Waals surface area contributed by atoms with Crippen molar-refractivity contribution in [1.29, 1.82) is 0 Å². The van der Waals surface area contributed by atoms with Crippen LogP contribution in [0.1, 0.15) is 32.2 Å². The first-order valence-corrected chi connectivity index (χ1v) is 9.81. The van der Waals surface area contributed by atoms with Gasteiger partial charge in [0.15, 0.2) is 17.5 Å². The molecule has 0 aliphatic carbocycles. The number of benzene rings is 1. The Bertz CT molecular complexity index is 802. The smallest absolute Gasteiger partial charge is 0.231 e. The van der Waals surface area contributed by atoms with Crippen molar-refractivity contribution in [3.05, 3.63) is 35.9 Å². The molecular formula is C20H30N6O2. The lowest BCUT2D eigenvalue weighted by molar-refractivity contribution is 0.174. The van der Waals surface area contributed by atoms with Gasteiger partial charge in [0.05, 0.1) is 0 Å². The maximum absolute atomic E-state index is 5.49. The number of guanidine groups is 1. The van der Waals surface area contributed by atoms with Gasteiger partial charge in [-0.2, -0.15) is 0 Å². The summed E-state index contributed by atoms with van der Waals surface area (Å²) in [6.07, 6.45) is 2.65. The number of rotatable bonds is 8. The maximum atomic E-state index is 5.49. The van der Waals surface area contributed by atoms with Crippen molar-refractivity contribution in [3.8, 4) is 11.5 Å². The average Bonchev–Trinajstić information content (AvgIpc) is 3.32. The van der Waals surface area contributed by atoms with Crippen LogP contribution < -0.4 is 14.8 Å². The van der Waals surface area contributed by atoms with Gasteiger partial charge in [-0.15, -0.1) is 10.2 Å². The van der Waals surface area contributed by atoms with Crippen molar-refractivity contribution in [2.45, 2.75) is 40.3 Å². The highest BCUT2D eigenvalue weighted by Crippen LogP contribution is 2.32. The molecule has 2 heterocycles. The zero-order valence-electron chi connectivity index (χ0n) is 17.2. The van der Waals surface area contributed by atoms with Gasteiger partial charge in [0.25, 0.3) is 0 Å². The molecule has 0 unspecified atom stereocenters. The third kappa shape index (κ3) is 5.15. The molecular weight excluding hydrogens is 356 g/mol. The van der Waals surface area contributed by atoms with Gasteiger partial charge in [-0.3, -0.25) is 4.99 Å². The number of aromatic nitrogens is 3. The van der Waals surface area contributed by atoms with E-state index >= 15 is 0 Å². The molecule has 0 bridgehead atoms. The first-order valence-electron chi connectivity index (χ1n) is 9.81. The predicted octanol–water partition coefficient (Wildman–Crippen LogP) is 2.30. The van der Waals surface area contributed by atoms with Crippen molar-refractivity contribution >= 4 is 5.96 Å². The van der Waals surface area contributed by atoms with Crippen molar-refractivity contribution in [3.63, 3.8) is 0 Å². The lowest BCUT2D eigenvalue weighted by Gasteiger charge is -2.23. The molecule has 0 saturated carbocycles. The van der Waals surface area contributed by atoms with E-state index in [1.165, 1.54) is 0 Å². The zero-order valence-corrected chi connectivity index (χ0v) is 17.2. The van der Waals surface area contributed by atoms with Gasteiger partial charge in [-0.05, 0) is 23.6 Å². The highest BCUT2D eigenvalue weighted by atomic mass is 16.7. The van der Waals surface area contributed by atoms with Gasteiger partial charge in [0.2, 0.25) is 6.79 Å². The molecule has 1 aliphatic rings. The van der Waals surface area contributed by atoms with E-state index in [4.69, 9.17) is 14.5 Å². The van der Waals surface area contributed by atoms with Crippen LogP contribution in [-0.4, -0.2) is 52.6 Å². The van der Waals surface area contributed by atoms with Gasteiger partial charge in [0, 0.05) is 39.6 Å². The molecule has 8 nitrogen and oxygen atoms in total. The monoisotopic (exact) mass is 386 g/mol. The molecule has 8 heteroatoms. The van der Waals surface area contributed by atoms with E-state index in [1.807, 2.05) is 19.2 Å². The SMILES string of the molecule is CCc1nncn1CCNC(=NCC(C)C)N(C)Cc1ccc2c(c1)OCO2. The average molecular weight is 387 g/mol. The minimum Gasteiger partial charge on any atom is -0.454 e. The third-order valence-corrected chi connectivity index (χ3v) is 4.47. The van der Waals surface area contributed by atoms with Crippen LogP contribution in [0.3, 0.4) is 0 Å². The molecule has 0 atom stereocenters. The van der Waals surface area contributed by atoms with Crippen LogP contribution in [-0.2, 0) is 19.5 Å². The Balaban J connectivity index is 1.62. The van der Waals surface area contributed by atoms with E-state index in [2.05, 4.69) is 51.8 Å². The number of ether oxygens (including phenoxy) is 2. The fourth-order valence-corrected chi connectivity index (χ4v) is 3.00. The van der Waals surface area contributed by atoms with Crippen molar-refractivity contribution in [2.24, 2.45) is 10.9 Å². The van der Waals surface area contributed by atoms with Crippen LogP contribution in [0.4, 0.5) is 0 Å². The highest BCUT2D eigenvalue weighted by Gasteiger charge is 2.15. The quantitative estimate of drug-likeness (QED) is 0.554. The summed E-state index contributed by atoms with van der Waals surface area (Å²) in [6.45, 7) is 9.78. The van der Waals surface area contributed by atoms with E-state index in [1.54, 1.807) is 6.33 Å². The second-order valence-corrected chi connectivity index (χ2v) is 7.32. The van der Waals surface area contributed by atoms with Gasteiger partial charge >= 0.3 is 0 Å². The Kier molecular flexibility index (Phi) is 6.73. The largest absolute Gasteiger partial charge is 0.454 e. The lowest BCUT2D eigenvalue weighted by Crippen LogP contribution is -2.40. The second kappa shape index (κ2) is 9.43. The number of aryl methyl sites for hydroxylation is 1. The Morgan fingerprint density at radius 2 is 2.14 bits per heavy atom. The number of aliphatic imine (C=N–C) groups is 1. The number of nitrogens with one attached hydrogen (secondary N) is 1. The van der Waals surface area contributed by atoms with Crippen LogP contribution in [0.25, 0.3) is 0 Å². The molecule has 1 aromatic carbocycles. The fraction of sp³-hybridized carbons (Fsp3) is 0.550. The zero-order chi connectivity index (χ0) is 19.9.